The first-order valence-corrected chi connectivity index (χ1v) is 9.68. The quantitative estimate of drug-likeness (QED) is 0.796. The summed E-state index contributed by atoms with van der Waals surface area (Å²) in [7, 11) is 0. The van der Waals surface area contributed by atoms with Gasteiger partial charge in [-0.15, -0.1) is 23.1 Å². The van der Waals surface area contributed by atoms with Crippen LogP contribution in [0.2, 0.25) is 0 Å². The maximum atomic E-state index is 12.0. The molecule has 0 fully saturated rings. The van der Waals surface area contributed by atoms with Crippen molar-refractivity contribution in [3.05, 3.63) is 67.3 Å². The second-order valence-electron chi connectivity index (χ2n) is 5.09. The Hall–Kier alpha value is -1.55. The molecule has 0 unspecified atom stereocenters. The highest BCUT2D eigenvalue weighted by Gasteiger charge is 2.30. The Morgan fingerprint density at radius 1 is 1.35 bits per heavy atom. The monoisotopic (exact) mass is 404 g/mol. The number of rotatable bonds is 4. The highest BCUT2D eigenvalue weighted by molar-refractivity contribution is 9.10. The van der Waals surface area contributed by atoms with Crippen LogP contribution in [0.4, 0.5) is 0 Å². The number of carbonyl (C=O) groups excluding carboxylic acids is 1. The first-order valence-electron chi connectivity index (χ1n) is 7.02. The molecule has 0 spiro atoms. The number of thioether (sulfide) groups is 1. The van der Waals surface area contributed by atoms with E-state index in [1.54, 1.807) is 11.3 Å². The van der Waals surface area contributed by atoms with E-state index in [0.29, 0.717) is 22.8 Å². The van der Waals surface area contributed by atoms with Crippen molar-refractivity contribution in [2.75, 3.05) is 0 Å². The summed E-state index contributed by atoms with van der Waals surface area (Å²) >= 11 is 6.51. The van der Waals surface area contributed by atoms with Crippen LogP contribution in [-0.4, -0.2) is 5.91 Å². The molecule has 116 valence electrons. The third-order valence-electron chi connectivity index (χ3n) is 3.54. The number of nitrogens with zero attached hydrogens (tertiary/aromatic N) is 1. The van der Waals surface area contributed by atoms with E-state index in [2.05, 4.69) is 27.3 Å². The number of hydrogen-bond donors (Lipinski definition) is 1. The first kappa shape index (κ1) is 16.3. The SMILES string of the molecule is N#CC1=C(SCc2ccc(Br)cc2)NC(=O)C[C@@H]1c1cccs1. The van der Waals surface area contributed by atoms with Gasteiger partial charge in [0.1, 0.15) is 0 Å². The number of amides is 1. The second kappa shape index (κ2) is 7.35. The lowest BCUT2D eigenvalue weighted by Crippen LogP contribution is -2.30. The van der Waals surface area contributed by atoms with Crippen molar-refractivity contribution < 1.29 is 4.79 Å². The summed E-state index contributed by atoms with van der Waals surface area (Å²) in [4.78, 5) is 13.1. The number of nitrogens with one attached hydrogen (secondary N) is 1. The van der Waals surface area contributed by atoms with Crippen LogP contribution in [0.15, 0.2) is 56.9 Å². The number of thiophene rings is 1. The van der Waals surface area contributed by atoms with Gasteiger partial charge >= 0.3 is 0 Å². The predicted molar refractivity (Wildman–Crippen MR) is 97.9 cm³/mol. The fraction of sp³-hybridized carbons (Fsp3) is 0.176. The fourth-order valence-electron chi connectivity index (χ4n) is 2.40. The van der Waals surface area contributed by atoms with Crippen LogP contribution in [0.1, 0.15) is 22.8 Å². The third kappa shape index (κ3) is 3.86. The number of carbonyl (C=O) groups is 1. The van der Waals surface area contributed by atoms with E-state index in [0.717, 1.165) is 14.9 Å². The molecule has 0 bridgehead atoms. The van der Waals surface area contributed by atoms with Crippen LogP contribution in [-0.2, 0) is 10.5 Å². The lowest BCUT2D eigenvalue weighted by Gasteiger charge is -2.24. The van der Waals surface area contributed by atoms with Crippen LogP contribution >= 0.6 is 39.0 Å². The first-order chi connectivity index (χ1) is 11.2. The zero-order valence-electron chi connectivity index (χ0n) is 12.1. The third-order valence-corrected chi connectivity index (χ3v) is 6.14. The van der Waals surface area contributed by atoms with E-state index in [4.69, 9.17) is 0 Å². The highest BCUT2D eigenvalue weighted by Crippen LogP contribution is 2.38. The summed E-state index contributed by atoms with van der Waals surface area (Å²) in [6, 6.07) is 14.3. The van der Waals surface area contributed by atoms with Gasteiger partial charge in [0.05, 0.1) is 16.7 Å². The number of allylic oxidation sites excluding steroid dienone is 1. The second-order valence-corrected chi connectivity index (χ2v) is 7.97. The smallest absolute Gasteiger partial charge is 0.225 e. The molecule has 0 radical (unpaired) electrons. The van der Waals surface area contributed by atoms with E-state index < -0.39 is 0 Å². The molecule has 1 aromatic heterocycles. The topological polar surface area (TPSA) is 52.9 Å². The van der Waals surface area contributed by atoms with Gasteiger partial charge in [-0.05, 0) is 29.1 Å². The summed E-state index contributed by atoms with van der Waals surface area (Å²) < 4.78 is 1.03. The van der Waals surface area contributed by atoms with Gasteiger partial charge in [0.2, 0.25) is 5.91 Å². The van der Waals surface area contributed by atoms with Gasteiger partial charge < -0.3 is 5.32 Å². The lowest BCUT2D eigenvalue weighted by molar-refractivity contribution is -0.120. The average molecular weight is 405 g/mol. The van der Waals surface area contributed by atoms with Crippen LogP contribution in [0.3, 0.4) is 0 Å². The average Bonchev–Trinajstić information content (AvgIpc) is 3.08. The summed E-state index contributed by atoms with van der Waals surface area (Å²) in [6.07, 6.45) is 0.339. The van der Waals surface area contributed by atoms with Crippen LogP contribution < -0.4 is 5.32 Å². The Kier molecular flexibility index (Phi) is 5.21. The van der Waals surface area contributed by atoms with Gasteiger partial charge in [-0.1, -0.05) is 34.1 Å². The molecule has 1 N–H and O–H groups in total. The van der Waals surface area contributed by atoms with E-state index in [9.17, 15) is 10.1 Å². The highest BCUT2D eigenvalue weighted by atomic mass is 79.9. The van der Waals surface area contributed by atoms with Crippen LogP contribution in [0.5, 0.6) is 0 Å². The number of nitriles is 1. The van der Waals surface area contributed by atoms with Gasteiger partial charge in [-0.3, -0.25) is 4.79 Å². The van der Waals surface area contributed by atoms with Crippen molar-refractivity contribution in [1.29, 1.82) is 5.26 Å². The molecule has 1 aliphatic rings. The molecule has 3 rings (SSSR count). The largest absolute Gasteiger partial charge is 0.320 e. The van der Waals surface area contributed by atoms with Crippen LogP contribution in [0, 0.1) is 11.3 Å². The molecule has 6 heteroatoms. The maximum absolute atomic E-state index is 12.0. The van der Waals surface area contributed by atoms with E-state index >= 15 is 0 Å². The van der Waals surface area contributed by atoms with Crippen molar-refractivity contribution in [1.82, 2.24) is 5.32 Å². The van der Waals surface area contributed by atoms with Crippen molar-refractivity contribution in [2.45, 2.75) is 18.1 Å². The van der Waals surface area contributed by atoms with Gasteiger partial charge in [0, 0.05) is 27.4 Å². The van der Waals surface area contributed by atoms with Gasteiger partial charge in [-0.2, -0.15) is 5.26 Å². The molecule has 1 aliphatic heterocycles. The van der Waals surface area contributed by atoms with E-state index in [1.165, 1.54) is 11.8 Å². The Morgan fingerprint density at radius 3 is 2.78 bits per heavy atom. The Labute approximate surface area is 151 Å². The minimum absolute atomic E-state index is 0.0271. The van der Waals surface area contributed by atoms with Crippen molar-refractivity contribution in [3.8, 4) is 6.07 Å². The summed E-state index contributed by atoms with van der Waals surface area (Å²) in [5.74, 6) is 0.562. The molecule has 1 atom stereocenters. The summed E-state index contributed by atoms with van der Waals surface area (Å²) in [6.45, 7) is 0. The van der Waals surface area contributed by atoms with Gasteiger partial charge in [0.25, 0.3) is 0 Å². The van der Waals surface area contributed by atoms with E-state index in [1.807, 2.05) is 41.8 Å². The van der Waals surface area contributed by atoms with Gasteiger partial charge in [0.15, 0.2) is 0 Å². The predicted octanol–water partition coefficient (Wildman–Crippen LogP) is 4.78. The summed E-state index contributed by atoms with van der Waals surface area (Å²) in [5.41, 5.74) is 1.81. The zero-order valence-corrected chi connectivity index (χ0v) is 15.3. The normalized spacial score (nSPS) is 17.7. The van der Waals surface area contributed by atoms with Crippen molar-refractivity contribution in [3.63, 3.8) is 0 Å². The molecule has 0 aliphatic carbocycles. The molecular weight excluding hydrogens is 392 g/mol. The summed E-state index contributed by atoms with van der Waals surface area (Å²) in [5, 5.41) is 15.1. The van der Waals surface area contributed by atoms with E-state index in [-0.39, 0.29) is 11.8 Å². The molecule has 2 aromatic rings. The molecule has 23 heavy (non-hydrogen) atoms. The molecule has 0 saturated heterocycles. The number of benzene rings is 1. The van der Waals surface area contributed by atoms with Crippen molar-refractivity contribution in [2.24, 2.45) is 0 Å². The Bertz CT molecular complexity index is 776. The maximum Gasteiger partial charge on any atom is 0.225 e. The molecule has 1 aromatic carbocycles. The molecule has 1 amide bonds. The molecular formula is C17H13BrN2OS2. The molecule has 3 nitrogen and oxygen atoms in total. The Balaban J connectivity index is 1.83. The number of halogens is 1. The zero-order chi connectivity index (χ0) is 16.2. The minimum atomic E-state index is -0.124. The minimum Gasteiger partial charge on any atom is -0.320 e. The van der Waals surface area contributed by atoms with Crippen molar-refractivity contribution >= 4 is 44.9 Å². The molecule has 0 saturated carbocycles. The number of hydrogen-bond acceptors (Lipinski definition) is 4. The fourth-order valence-corrected chi connectivity index (χ4v) is 4.54. The van der Waals surface area contributed by atoms with Gasteiger partial charge in [-0.25, -0.2) is 0 Å². The Morgan fingerprint density at radius 2 is 2.13 bits per heavy atom. The van der Waals surface area contributed by atoms with Crippen LogP contribution in [0.25, 0.3) is 0 Å². The molecule has 2 heterocycles. The standard InChI is InChI=1S/C17H13BrN2OS2/c18-12-5-3-11(4-6-12)10-23-17-14(9-19)13(8-16(21)20-17)15-2-1-7-22-15/h1-7,13H,8,10H2,(H,20,21)/t13-/m0/s1. The lowest BCUT2D eigenvalue weighted by atomic mass is 9.93.